The van der Waals surface area contributed by atoms with Crippen LogP contribution in [0, 0.1) is 102 Å². The Bertz CT molecular complexity index is 1050. The molecule has 21 atom stereocenters. The molecule has 0 aromatic carbocycles. The number of hydrogen-bond donors (Lipinski definition) is 3. The molecule has 0 aromatic rings. The summed E-state index contributed by atoms with van der Waals surface area (Å²) in [5.74, 6) is 9.64. The van der Waals surface area contributed by atoms with Gasteiger partial charge in [-0.2, -0.15) is 0 Å². The van der Waals surface area contributed by atoms with Gasteiger partial charge >= 0.3 is 0 Å². The minimum atomic E-state index is -0.822. The van der Waals surface area contributed by atoms with Gasteiger partial charge in [0.15, 0.2) is 6.29 Å². The van der Waals surface area contributed by atoms with E-state index in [9.17, 15) is 9.90 Å². The summed E-state index contributed by atoms with van der Waals surface area (Å²) in [6.07, 6.45) is 12.7. The summed E-state index contributed by atoms with van der Waals surface area (Å²) < 4.78 is 16.4. The summed E-state index contributed by atoms with van der Waals surface area (Å²) in [5.41, 5.74) is 0. The molecule has 0 aromatic heterocycles. The standard InChI is InChI=1S/2C12H24O.C12H24.C10H20O2.C7H12O3.W.Y/c1-6-12-11(5)10(4)8(2)7-9(3)13-12;1-6-9(2)11(4)12(5)10(3)7-8-13;1-7-9(3)11(5)12(6)10(4)8-2;1-5-9-7(3)6(2)8(4)10(11)12-9;1-5-2-6(4-8)10-7(9)3-5;;/h2*8-12H,6-7H2,1-5H3;7,9-12H,1,8H2,2-6H3;6-11H,5H2,1-4H3;2-3,5-9H,4H2,1H3;;/q;;;;-2;;. The van der Waals surface area contributed by atoms with E-state index in [2.05, 4.69) is 144 Å². The first-order chi connectivity index (χ1) is 27.9. The molecule has 3 fully saturated rings. The zero-order valence-electron chi connectivity index (χ0n) is 44.1. The Hall–Kier alpha value is 0.962. The van der Waals surface area contributed by atoms with E-state index >= 15 is 0 Å². The van der Waals surface area contributed by atoms with Gasteiger partial charge in [-0.15, -0.1) is 13.5 Å². The van der Waals surface area contributed by atoms with Crippen LogP contribution < -0.4 is 0 Å². The van der Waals surface area contributed by atoms with Crippen molar-refractivity contribution in [2.75, 3.05) is 6.61 Å². The van der Waals surface area contributed by atoms with Crippen LogP contribution in [0.2, 0.25) is 0 Å². The number of aldehydes is 1. The fourth-order valence-corrected chi connectivity index (χ4v) is 8.91. The van der Waals surface area contributed by atoms with E-state index in [1.807, 2.05) is 13.3 Å². The second-order valence-electron chi connectivity index (χ2n) is 20.0. The Morgan fingerprint density at radius 1 is 0.645 bits per heavy atom. The molecule has 0 spiro atoms. The maximum absolute atomic E-state index is 10.4. The van der Waals surface area contributed by atoms with Crippen LogP contribution in [0.1, 0.15) is 177 Å². The van der Waals surface area contributed by atoms with Crippen molar-refractivity contribution in [3.05, 3.63) is 25.5 Å². The number of ether oxygens (including phenoxy) is 3. The van der Waals surface area contributed by atoms with Crippen molar-refractivity contribution in [1.29, 1.82) is 0 Å². The van der Waals surface area contributed by atoms with Crippen molar-refractivity contribution in [2.24, 2.45) is 88.8 Å². The van der Waals surface area contributed by atoms with Crippen LogP contribution in [0.15, 0.2) is 12.7 Å². The molecule has 9 heteroatoms. The maximum Gasteiger partial charge on any atom is 0.157 e. The number of allylic oxidation sites excluding steroid dienone is 1. The number of carbonyl (C=O) groups excluding carboxylic acids is 1. The van der Waals surface area contributed by atoms with Gasteiger partial charge in [-0.05, 0) is 109 Å². The van der Waals surface area contributed by atoms with Crippen molar-refractivity contribution in [1.82, 2.24) is 0 Å². The van der Waals surface area contributed by atoms with E-state index in [-0.39, 0.29) is 84.4 Å². The molecule has 3 aliphatic heterocycles. The molecular weight excluding hydrogens is 1020 g/mol. The number of aliphatic hydroxyl groups excluding tert-OH is 3. The van der Waals surface area contributed by atoms with Gasteiger partial charge in [0.05, 0.1) is 18.3 Å². The molecule has 7 nitrogen and oxygen atoms in total. The predicted octanol–water partition coefficient (Wildman–Crippen LogP) is 12.9. The van der Waals surface area contributed by atoms with Gasteiger partial charge in [0.25, 0.3) is 0 Å². The molecule has 0 aliphatic carbocycles. The van der Waals surface area contributed by atoms with Gasteiger partial charge < -0.3 is 47.2 Å². The largest absolute Gasteiger partial charge is 0.410 e. The zero-order valence-corrected chi connectivity index (χ0v) is 49.8. The summed E-state index contributed by atoms with van der Waals surface area (Å²) in [7, 11) is 0. The molecule has 21 unspecified atom stereocenters. The third kappa shape index (κ3) is 25.9. The quantitative estimate of drug-likeness (QED) is 0.0904. The summed E-state index contributed by atoms with van der Waals surface area (Å²) in [5, 5.41) is 27.2. The first-order valence-corrected chi connectivity index (χ1v) is 24.6. The van der Waals surface area contributed by atoms with Crippen molar-refractivity contribution >= 4 is 6.29 Å². The molecule has 62 heavy (non-hydrogen) atoms. The van der Waals surface area contributed by atoms with Crippen LogP contribution in [-0.2, 0) is 72.8 Å². The second kappa shape index (κ2) is 37.9. The zero-order chi connectivity index (χ0) is 47.0. The molecule has 3 aliphatic rings. The van der Waals surface area contributed by atoms with Gasteiger partial charge in [-0.25, -0.2) is 0 Å². The average Bonchev–Trinajstić information content (AvgIpc) is 3.32. The molecule has 3 rings (SSSR count). The van der Waals surface area contributed by atoms with Crippen molar-refractivity contribution < 1.29 is 88.1 Å². The minimum Gasteiger partial charge on any atom is -0.410 e. The summed E-state index contributed by atoms with van der Waals surface area (Å²) >= 11 is 0. The molecule has 1 radical (unpaired) electrons. The van der Waals surface area contributed by atoms with E-state index in [4.69, 9.17) is 24.4 Å². The Morgan fingerprint density at radius 2 is 1.10 bits per heavy atom. The van der Waals surface area contributed by atoms with Crippen LogP contribution in [0.25, 0.3) is 0 Å². The van der Waals surface area contributed by atoms with Crippen LogP contribution in [0.3, 0.4) is 0 Å². The number of carbonyl (C=O) groups is 1. The summed E-state index contributed by atoms with van der Waals surface area (Å²) in [6.45, 7) is 48.7. The third-order valence-electron chi connectivity index (χ3n) is 16.0. The van der Waals surface area contributed by atoms with Crippen LogP contribution in [0.4, 0.5) is 0 Å². The van der Waals surface area contributed by atoms with Crippen LogP contribution in [0.5, 0.6) is 0 Å². The second-order valence-corrected chi connectivity index (χ2v) is 20.0. The van der Waals surface area contributed by atoms with Gasteiger partial charge in [0.2, 0.25) is 0 Å². The van der Waals surface area contributed by atoms with Crippen LogP contribution in [-0.4, -0.2) is 65.2 Å². The minimum absolute atomic E-state index is 0. The molecule has 0 bridgehead atoms. The van der Waals surface area contributed by atoms with Crippen molar-refractivity contribution in [2.45, 2.75) is 214 Å². The molecule has 369 valence electrons. The molecule has 3 saturated heterocycles. The summed E-state index contributed by atoms with van der Waals surface area (Å²) in [6, 6.07) is 0. The predicted molar refractivity (Wildman–Crippen MR) is 256 cm³/mol. The third-order valence-corrected chi connectivity index (χ3v) is 16.0. The molecule has 3 heterocycles. The Balaban J connectivity index is -0.000000337. The van der Waals surface area contributed by atoms with E-state index in [1.54, 1.807) is 6.42 Å². The Morgan fingerprint density at radius 3 is 1.52 bits per heavy atom. The molecule has 0 amide bonds. The van der Waals surface area contributed by atoms with E-state index in [1.165, 1.54) is 19.3 Å². The maximum atomic E-state index is 10.4. The fourth-order valence-electron chi connectivity index (χ4n) is 8.91. The van der Waals surface area contributed by atoms with Gasteiger partial charge in [0.1, 0.15) is 6.29 Å². The molecule has 3 N–H and O–H groups in total. The van der Waals surface area contributed by atoms with Gasteiger partial charge in [-0.3, -0.25) is 5.92 Å². The number of hydrogen-bond acceptors (Lipinski definition) is 7. The van der Waals surface area contributed by atoms with E-state index in [0.717, 1.165) is 60.6 Å². The molecular formula is C53H104O7WY-2. The monoisotopic (exact) mass is 1130 g/mol. The fraction of sp³-hybridized carbons (Fsp3) is 0.906. The van der Waals surface area contributed by atoms with E-state index < -0.39 is 12.6 Å². The van der Waals surface area contributed by atoms with E-state index in [0.29, 0.717) is 54.1 Å². The topological polar surface area (TPSA) is 105 Å². The summed E-state index contributed by atoms with van der Waals surface area (Å²) in [4.78, 5) is 10.4. The van der Waals surface area contributed by atoms with Gasteiger partial charge in [0, 0.05) is 79.0 Å². The van der Waals surface area contributed by atoms with Crippen LogP contribution >= 0.6 is 0 Å². The Labute approximate surface area is 426 Å². The smallest absolute Gasteiger partial charge is 0.157 e. The molecule has 0 saturated carbocycles. The average molecular weight is 1130 g/mol. The van der Waals surface area contributed by atoms with Gasteiger partial charge in [-0.1, -0.05) is 144 Å². The normalized spacial score (nSPS) is 34.5. The SMILES string of the molecule is C=CC(C)C(C)C(C)C(C)CC.CC1[CH-]C(O)OC(CO)[CH-]1.CCC(C)C(C)C(C)C(C)CC=O.CCC1OC(C)CC(C)C(C)C1C.CCC1OC(O)C(C)C(C)C1C.[W].[Y]. The van der Waals surface area contributed by atoms with Crippen molar-refractivity contribution in [3.63, 3.8) is 0 Å². The van der Waals surface area contributed by atoms with Crippen molar-refractivity contribution in [3.8, 4) is 0 Å². The first-order valence-electron chi connectivity index (χ1n) is 24.6. The number of rotatable bonds is 14. The first kappa shape index (κ1) is 69.5. The number of aliphatic hydroxyl groups is 3. The Kier molecular flexibility index (Phi) is 42.5.